The standard InChI is InChI=1S/C10H15N3O/c1-7-4-3-5-8(7)9(14)10-12-11-6-13(10)2/h6-8H,3-5H2,1-2H3. The zero-order valence-corrected chi connectivity index (χ0v) is 8.60. The molecule has 2 atom stereocenters. The van der Waals surface area contributed by atoms with Gasteiger partial charge in [-0.15, -0.1) is 10.2 Å². The van der Waals surface area contributed by atoms with Gasteiger partial charge >= 0.3 is 0 Å². The molecule has 0 saturated heterocycles. The van der Waals surface area contributed by atoms with Crippen LogP contribution in [-0.2, 0) is 7.05 Å². The molecule has 4 heteroatoms. The molecule has 1 fully saturated rings. The first-order valence-electron chi connectivity index (χ1n) is 5.08. The molecule has 0 amide bonds. The number of Topliss-reactive ketones (excluding diaryl/α,β-unsaturated/α-hetero) is 1. The van der Waals surface area contributed by atoms with E-state index in [9.17, 15) is 4.79 Å². The van der Waals surface area contributed by atoms with Crippen molar-refractivity contribution in [3.8, 4) is 0 Å². The molecule has 14 heavy (non-hydrogen) atoms. The number of hydrogen-bond acceptors (Lipinski definition) is 3. The van der Waals surface area contributed by atoms with Crippen LogP contribution in [0.2, 0.25) is 0 Å². The normalized spacial score (nSPS) is 26.7. The van der Waals surface area contributed by atoms with Gasteiger partial charge in [0, 0.05) is 13.0 Å². The van der Waals surface area contributed by atoms with Gasteiger partial charge in [-0.1, -0.05) is 13.3 Å². The molecule has 0 bridgehead atoms. The van der Waals surface area contributed by atoms with Crippen molar-refractivity contribution in [1.82, 2.24) is 14.8 Å². The van der Waals surface area contributed by atoms with E-state index in [2.05, 4.69) is 17.1 Å². The summed E-state index contributed by atoms with van der Waals surface area (Å²) in [5.41, 5.74) is 0. The van der Waals surface area contributed by atoms with E-state index < -0.39 is 0 Å². The van der Waals surface area contributed by atoms with Crippen molar-refractivity contribution >= 4 is 5.78 Å². The number of nitrogens with zero attached hydrogens (tertiary/aromatic N) is 3. The number of rotatable bonds is 2. The Kier molecular flexibility index (Phi) is 2.35. The fourth-order valence-electron chi connectivity index (χ4n) is 2.21. The molecule has 1 aromatic heterocycles. The fraction of sp³-hybridized carbons (Fsp3) is 0.700. The summed E-state index contributed by atoms with van der Waals surface area (Å²) in [7, 11) is 1.81. The maximum atomic E-state index is 12.0. The molecule has 2 rings (SSSR count). The van der Waals surface area contributed by atoms with Crippen molar-refractivity contribution in [2.24, 2.45) is 18.9 Å². The summed E-state index contributed by atoms with van der Waals surface area (Å²) < 4.78 is 1.70. The van der Waals surface area contributed by atoms with Gasteiger partial charge in [-0.05, 0) is 18.8 Å². The Morgan fingerprint density at radius 1 is 1.57 bits per heavy atom. The van der Waals surface area contributed by atoms with Crippen LogP contribution in [0, 0.1) is 11.8 Å². The lowest BCUT2D eigenvalue weighted by Gasteiger charge is -2.12. The van der Waals surface area contributed by atoms with Gasteiger partial charge in [0.1, 0.15) is 6.33 Å². The lowest BCUT2D eigenvalue weighted by atomic mass is 9.93. The third-order valence-electron chi connectivity index (χ3n) is 3.13. The quantitative estimate of drug-likeness (QED) is 0.667. The smallest absolute Gasteiger partial charge is 0.203 e. The molecular formula is C10H15N3O. The SMILES string of the molecule is CC1CCCC1C(=O)c1nncn1C. The zero-order valence-electron chi connectivity index (χ0n) is 8.60. The average Bonchev–Trinajstić information content (AvgIpc) is 2.73. The Labute approximate surface area is 83.3 Å². The molecule has 1 heterocycles. The fourth-order valence-corrected chi connectivity index (χ4v) is 2.21. The van der Waals surface area contributed by atoms with Crippen LogP contribution in [0.5, 0.6) is 0 Å². The van der Waals surface area contributed by atoms with Crippen molar-refractivity contribution in [3.05, 3.63) is 12.2 Å². The second-order valence-electron chi connectivity index (χ2n) is 4.14. The molecule has 1 aliphatic carbocycles. The van der Waals surface area contributed by atoms with Gasteiger partial charge in [0.05, 0.1) is 0 Å². The second-order valence-corrected chi connectivity index (χ2v) is 4.14. The van der Waals surface area contributed by atoms with Gasteiger partial charge < -0.3 is 4.57 Å². The van der Waals surface area contributed by atoms with Crippen LogP contribution in [0.4, 0.5) is 0 Å². The van der Waals surface area contributed by atoms with Gasteiger partial charge in [0.2, 0.25) is 5.78 Å². The first kappa shape index (κ1) is 9.37. The Morgan fingerprint density at radius 2 is 2.36 bits per heavy atom. The van der Waals surface area contributed by atoms with E-state index in [1.165, 1.54) is 0 Å². The van der Waals surface area contributed by atoms with E-state index in [0.29, 0.717) is 11.7 Å². The molecule has 0 N–H and O–H groups in total. The summed E-state index contributed by atoms with van der Waals surface area (Å²) in [6.45, 7) is 2.14. The number of carbonyl (C=O) groups is 1. The Bertz CT molecular complexity index is 345. The van der Waals surface area contributed by atoms with Crippen molar-refractivity contribution in [1.29, 1.82) is 0 Å². The number of ketones is 1. The van der Waals surface area contributed by atoms with E-state index in [1.54, 1.807) is 10.9 Å². The van der Waals surface area contributed by atoms with E-state index in [1.807, 2.05) is 7.05 Å². The third kappa shape index (κ3) is 1.45. The van der Waals surface area contributed by atoms with Crippen LogP contribution < -0.4 is 0 Å². The van der Waals surface area contributed by atoms with Gasteiger partial charge in [0.25, 0.3) is 0 Å². The minimum atomic E-state index is 0.162. The van der Waals surface area contributed by atoms with Gasteiger partial charge in [-0.25, -0.2) is 0 Å². The van der Waals surface area contributed by atoms with E-state index in [0.717, 1.165) is 19.3 Å². The largest absolute Gasteiger partial charge is 0.314 e. The lowest BCUT2D eigenvalue weighted by molar-refractivity contribution is 0.0882. The molecule has 2 unspecified atom stereocenters. The van der Waals surface area contributed by atoms with Crippen LogP contribution in [0.3, 0.4) is 0 Å². The summed E-state index contributed by atoms with van der Waals surface area (Å²) in [5, 5.41) is 7.59. The van der Waals surface area contributed by atoms with E-state index >= 15 is 0 Å². The molecule has 76 valence electrons. The number of hydrogen-bond donors (Lipinski definition) is 0. The van der Waals surface area contributed by atoms with Crippen LogP contribution >= 0.6 is 0 Å². The molecule has 1 aromatic rings. The molecular weight excluding hydrogens is 178 g/mol. The highest BCUT2D eigenvalue weighted by atomic mass is 16.1. The Morgan fingerprint density at radius 3 is 2.86 bits per heavy atom. The molecule has 0 radical (unpaired) electrons. The first-order chi connectivity index (χ1) is 6.70. The molecule has 0 aromatic carbocycles. The minimum absolute atomic E-state index is 0.162. The lowest BCUT2D eigenvalue weighted by Crippen LogP contribution is -2.20. The first-order valence-corrected chi connectivity index (χ1v) is 5.08. The maximum absolute atomic E-state index is 12.0. The third-order valence-corrected chi connectivity index (χ3v) is 3.13. The zero-order chi connectivity index (χ0) is 10.1. The highest BCUT2D eigenvalue weighted by Gasteiger charge is 2.32. The number of aryl methyl sites for hydroxylation is 1. The molecule has 1 aliphatic rings. The monoisotopic (exact) mass is 193 g/mol. The molecule has 4 nitrogen and oxygen atoms in total. The predicted octanol–water partition coefficient (Wildman–Crippen LogP) is 1.43. The number of carbonyl (C=O) groups excluding carboxylic acids is 1. The van der Waals surface area contributed by atoms with Crippen LogP contribution in [0.15, 0.2) is 6.33 Å². The van der Waals surface area contributed by atoms with Crippen LogP contribution in [0.1, 0.15) is 36.8 Å². The summed E-state index contributed by atoms with van der Waals surface area (Å²) in [6.07, 6.45) is 4.91. The van der Waals surface area contributed by atoms with Crippen molar-refractivity contribution in [2.45, 2.75) is 26.2 Å². The summed E-state index contributed by atoms with van der Waals surface area (Å²) in [5.74, 6) is 1.33. The molecule has 1 saturated carbocycles. The van der Waals surface area contributed by atoms with Crippen molar-refractivity contribution in [2.75, 3.05) is 0 Å². The molecule has 0 spiro atoms. The van der Waals surface area contributed by atoms with E-state index in [-0.39, 0.29) is 11.7 Å². The minimum Gasteiger partial charge on any atom is -0.314 e. The predicted molar refractivity (Wildman–Crippen MR) is 51.8 cm³/mol. The average molecular weight is 193 g/mol. The number of aromatic nitrogens is 3. The second kappa shape index (κ2) is 3.52. The summed E-state index contributed by atoms with van der Waals surface area (Å²) in [4.78, 5) is 12.0. The Balaban J connectivity index is 2.20. The summed E-state index contributed by atoms with van der Waals surface area (Å²) >= 11 is 0. The molecule has 0 aliphatic heterocycles. The Hall–Kier alpha value is -1.19. The highest BCUT2D eigenvalue weighted by Crippen LogP contribution is 2.33. The topological polar surface area (TPSA) is 47.8 Å². The van der Waals surface area contributed by atoms with Crippen molar-refractivity contribution in [3.63, 3.8) is 0 Å². The van der Waals surface area contributed by atoms with Gasteiger partial charge in [0.15, 0.2) is 5.82 Å². The van der Waals surface area contributed by atoms with Crippen molar-refractivity contribution < 1.29 is 4.79 Å². The van der Waals surface area contributed by atoms with Crippen LogP contribution in [0.25, 0.3) is 0 Å². The summed E-state index contributed by atoms with van der Waals surface area (Å²) in [6, 6.07) is 0. The maximum Gasteiger partial charge on any atom is 0.203 e. The van der Waals surface area contributed by atoms with Gasteiger partial charge in [-0.3, -0.25) is 4.79 Å². The van der Waals surface area contributed by atoms with Gasteiger partial charge in [-0.2, -0.15) is 0 Å². The highest BCUT2D eigenvalue weighted by molar-refractivity contribution is 5.94. The van der Waals surface area contributed by atoms with E-state index in [4.69, 9.17) is 0 Å². The van der Waals surface area contributed by atoms with Crippen LogP contribution in [-0.4, -0.2) is 20.5 Å².